The van der Waals surface area contributed by atoms with Crippen LogP contribution in [0, 0.1) is 0 Å². The first kappa shape index (κ1) is 15.4. The molecule has 1 aliphatic heterocycles. The van der Waals surface area contributed by atoms with Gasteiger partial charge in [0.05, 0.1) is 0 Å². The van der Waals surface area contributed by atoms with Crippen LogP contribution in [0.1, 0.15) is 32.8 Å². The molecular formula is C16H21NO4. The second-order valence-electron chi connectivity index (χ2n) is 6.07. The SMILES string of the molecule is CC(C)(C)OC(=O)[C@@H]1CCN1C(=O)OCc1ccccc1. The summed E-state index contributed by atoms with van der Waals surface area (Å²) in [7, 11) is 0. The molecule has 0 bridgehead atoms. The van der Waals surface area contributed by atoms with E-state index in [0.717, 1.165) is 5.56 Å². The summed E-state index contributed by atoms with van der Waals surface area (Å²) >= 11 is 0. The quantitative estimate of drug-likeness (QED) is 0.804. The highest BCUT2D eigenvalue weighted by molar-refractivity contribution is 5.83. The number of carbonyl (C=O) groups excluding carboxylic acids is 2. The molecule has 1 fully saturated rings. The Hall–Kier alpha value is -2.04. The van der Waals surface area contributed by atoms with E-state index < -0.39 is 17.7 Å². The van der Waals surface area contributed by atoms with Crippen molar-refractivity contribution in [2.24, 2.45) is 0 Å². The van der Waals surface area contributed by atoms with Crippen molar-refractivity contribution in [2.45, 2.75) is 45.4 Å². The topological polar surface area (TPSA) is 55.8 Å². The molecule has 1 aliphatic rings. The van der Waals surface area contributed by atoms with E-state index in [-0.39, 0.29) is 12.6 Å². The standard InChI is InChI=1S/C16H21NO4/c1-16(2,3)21-14(18)13-9-10-17(13)15(19)20-11-12-7-5-4-6-8-12/h4-8,13H,9-11H2,1-3H3/t13-/m0/s1. The number of rotatable bonds is 3. The van der Waals surface area contributed by atoms with E-state index in [1.807, 2.05) is 51.1 Å². The van der Waals surface area contributed by atoms with E-state index in [1.165, 1.54) is 4.90 Å². The van der Waals surface area contributed by atoms with Crippen LogP contribution in [0.15, 0.2) is 30.3 Å². The van der Waals surface area contributed by atoms with Crippen LogP contribution in [0.5, 0.6) is 0 Å². The smallest absolute Gasteiger partial charge is 0.410 e. The van der Waals surface area contributed by atoms with Gasteiger partial charge >= 0.3 is 12.1 Å². The number of likely N-dealkylation sites (tertiary alicyclic amines) is 1. The molecule has 114 valence electrons. The van der Waals surface area contributed by atoms with Crippen molar-refractivity contribution in [1.29, 1.82) is 0 Å². The first-order chi connectivity index (χ1) is 9.87. The van der Waals surface area contributed by atoms with Gasteiger partial charge in [-0.25, -0.2) is 9.59 Å². The van der Waals surface area contributed by atoms with Crippen molar-refractivity contribution in [3.63, 3.8) is 0 Å². The van der Waals surface area contributed by atoms with Gasteiger partial charge in [-0.3, -0.25) is 4.90 Å². The van der Waals surface area contributed by atoms with Crippen LogP contribution >= 0.6 is 0 Å². The van der Waals surface area contributed by atoms with Crippen LogP contribution < -0.4 is 0 Å². The number of hydrogen-bond donors (Lipinski definition) is 0. The monoisotopic (exact) mass is 291 g/mol. The summed E-state index contributed by atoms with van der Waals surface area (Å²) in [6.07, 6.45) is 0.149. The minimum atomic E-state index is -0.549. The Balaban J connectivity index is 1.84. The van der Waals surface area contributed by atoms with Gasteiger partial charge in [-0.2, -0.15) is 0 Å². The number of ether oxygens (including phenoxy) is 2. The zero-order valence-corrected chi connectivity index (χ0v) is 12.7. The molecule has 1 atom stereocenters. The maximum Gasteiger partial charge on any atom is 0.410 e. The lowest BCUT2D eigenvalue weighted by Crippen LogP contribution is -2.56. The Morgan fingerprint density at radius 3 is 2.43 bits per heavy atom. The minimum absolute atomic E-state index is 0.206. The average molecular weight is 291 g/mol. The lowest BCUT2D eigenvalue weighted by Gasteiger charge is -2.39. The third-order valence-electron chi connectivity index (χ3n) is 3.14. The average Bonchev–Trinajstić information content (AvgIpc) is 2.34. The van der Waals surface area contributed by atoms with Crippen LogP contribution in [-0.2, 0) is 20.9 Å². The maximum atomic E-state index is 12.0. The summed E-state index contributed by atoms with van der Waals surface area (Å²) in [5.41, 5.74) is 0.368. The molecule has 1 amide bonds. The third-order valence-corrected chi connectivity index (χ3v) is 3.14. The molecule has 1 heterocycles. The lowest BCUT2D eigenvalue weighted by atomic mass is 10.0. The highest BCUT2D eigenvalue weighted by Gasteiger charge is 2.41. The van der Waals surface area contributed by atoms with E-state index in [4.69, 9.17) is 9.47 Å². The van der Waals surface area contributed by atoms with Crippen molar-refractivity contribution in [1.82, 2.24) is 4.90 Å². The van der Waals surface area contributed by atoms with Crippen molar-refractivity contribution < 1.29 is 19.1 Å². The molecule has 1 aromatic carbocycles. The Bertz CT molecular complexity index is 507. The molecule has 2 rings (SSSR count). The molecule has 0 N–H and O–H groups in total. The fourth-order valence-corrected chi connectivity index (χ4v) is 2.02. The molecule has 0 aliphatic carbocycles. The first-order valence-corrected chi connectivity index (χ1v) is 7.07. The summed E-state index contributed by atoms with van der Waals surface area (Å²) in [6, 6.07) is 8.92. The fraction of sp³-hybridized carbons (Fsp3) is 0.500. The van der Waals surface area contributed by atoms with Crippen LogP contribution in [0.2, 0.25) is 0 Å². The number of amides is 1. The van der Waals surface area contributed by atoms with Crippen LogP contribution in [0.4, 0.5) is 4.79 Å². The summed E-state index contributed by atoms with van der Waals surface area (Å²) < 4.78 is 10.5. The van der Waals surface area contributed by atoms with Crippen LogP contribution in [-0.4, -0.2) is 35.2 Å². The van der Waals surface area contributed by atoms with E-state index >= 15 is 0 Å². The van der Waals surface area contributed by atoms with Crippen molar-refractivity contribution in [3.05, 3.63) is 35.9 Å². The van der Waals surface area contributed by atoms with Gasteiger partial charge in [0.2, 0.25) is 0 Å². The van der Waals surface area contributed by atoms with Gasteiger partial charge < -0.3 is 9.47 Å². The van der Waals surface area contributed by atoms with Crippen LogP contribution in [0.3, 0.4) is 0 Å². The first-order valence-electron chi connectivity index (χ1n) is 7.07. The molecule has 21 heavy (non-hydrogen) atoms. The Kier molecular flexibility index (Phi) is 4.50. The van der Waals surface area contributed by atoms with E-state index in [0.29, 0.717) is 13.0 Å². The number of carbonyl (C=O) groups is 2. The summed E-state index contributed by atoms with van der Waals surface area (Å²) in [5, 5.41) is 0. The number of nitrogens with zero attached hydrogens (tertiary/aromatic N) is 1. The van der Waals surface area contributed by atoms with E-state index in [2.05, 4.69) is 0 Å². The highest BCUT2D eigenvalue weighted by Crippen LogP contribution is 2.22. The predicted molar refractivity (Wildman–Crippen MR) is 77.6 cm³/mol. The summed E-state index contributed by atoms with van der Waals surface area (Å²) in [6.45, 7) is 6.15. The lowest BCUT2D eigenvalue weighted by molar-refractivity contribution is -0.165. The van der Waals surface area contributed by atoms with Gasteiger partial charge in [-0.1, -0.05) is 30.3 Å². The molecule has 0 radical (unpaired) electrons. The second kappa shape index (κ2) is 6.16. The van der Waals surface area contributed by atoms with Gasteiger partial charge in [0, 0.05) is 6.54 Å². The minimum Gasteiger partial charge on any atom is -0.458 e. The second-order valence-corrected chi connectivity index (χ2v) is 6.07. The Morgan fingerprint density at radius 2 is 1.90 bits per heavy atom. The number of hydrogen-bond acceptors (Lipinski definition) is 4. The van der Waals surface area contributed by atoms with Gasteiger partial charge in [0.15, 0.2) is 0 Å². The zero-order valence-electron chi connectivity index (χ0n) is 12.7. The van der Waals surface area contributed by atoms with Crippen molar-refractivity contribution in [3.8, 4) is 0 Å². The molecule has 5 nitrogen and oxygen atoms in total. The van der Waals surface area contributed by atoms with E-state index in [9.17, 15) is 9.59 Å². The van der Waals surface area contributed by atoms with Gasteiger partial charge in [0.1, 0.15) is 18.2 Å². The number of benzene rings is 1. The largest absolute Gasteiger partial charge is 0.458 e. The third kappa shape index (κ3) is 4.21. The maximum absolute atomic E-state index is 12.0. The number of esters is 1. The summed E-state index contributed by atoms with van der Waals surface area (Å²) in [5.74, 6) is -0.370. The highest BCUT2D eigenvalue weighted by atomic mass is 16.6. The van der Waals surface area contributed by atoms with Gasteiger partial charge in [0.25, 0.3) is 0 Å². The van der Waals surface area contributed by atoms with Crippen molar-refractivity contribution >= 4 is 12.1 Å². The Labute approximate surface area is 124 Å². The summed E-state index contributed by atoms with van der Waals surface area (Å²) in [4.78, 5) is 25.3. The normalized spacial score (nSPS) is 17.9. The molecule has 5 heteroatoms. The zero-order chi connectivity index (χ0) is 15.5. The van der Waals surface area contributed by atoms with Crippen LogP contribution in [0.25, 0.3) is 0 Å². The van der Waals surface area contributed by atoms with Crippen molar-refractivity contribution in [2.75, 3.05) is 6.54 Å². The molecular weight excluding hydrogens is 270 g/mol. The molecule has 0 saturated carbocycles. The van der Waals surface area contributed by atoms with E-state index in [1.54, 1.807) is 0 Å². The molecule has 1 aromatic rings. The van der Waals surface area contributed by atoms with Gasteiger partial charge in [-0.05, 0) is 32.8 Å². The van der Waals surface area contributed by atoms with Gasteiger partial charge in [-0.15, -0.1) is 0 Å². The molecule has 0 aromatic heterocycles. The Morgan fingerprint density at radius 1 is 1.24 bits per heavy atom. The molecule has 1 saturated heterocycles. The predicted octanol–water partition coefficient (Wildman–Crippen LogP) is 2.74. The molecule has 0 spiro atoms. The fourth-order valence-electron chi connectivity index (χ4n) is 2.02. The molecule has 0 unspecified atom stereocenters.